The molecule has 9 heavy (non-hydrogen) atoms. The third-order valence-electron chi connectivity index (χ3n) is 0.868. The maximum absolute atomic E-state index is 3.68. The molecular weight excluding hydrogens is 161 g/mol. The van der Waals surface area contributed by atoms with Gasteiger partial charge in [-0.2, -0.15) is 0 Å². The molecule has 0 spiro atoms. The molecule has 0 saturated carbocycles. The van der Waals surface area contributed by atoms with Gasteiger partial charge in [0.15, 0.2) is 5.69 Å². The van der Waals surface area contributed by atoms with Crippen LogP contribution in [0.1, 0.15) is 5.69 Å². The number of rotatable bonds is 1. The van der Waals surface area contributed by atoms with Gasteiger partial charge >= 0.3 is 0 Å². The van der Waals surface area contributed by atoms with E-state index in [0.717, 1.165) is 12.2 Å². The van der Waals surface area contributed by atoms with Gasteiger partial charge in [0.2, 0.25) is 6.33 Å². The molecule has 5 N–H and O–H groups in total. The summed E-state index contributed by atoms with van der Waals surface area (Å²) < 4.78 is 0. The molecule has 0 bridgehead atoms. The van der Waals surface area contributed by atoms with E-state index in [1.165, 1.54) is 0 Å². The van der Waals surface area contributed by atoms with E-state index in [9.17, 15) is 0 Å². The van der Waals surface area contributed by atoms with Gasteiger partial charge in [-0.1, -0.05) is 0 Å². The van der Waals surface area contributed by atoms with E-state index < -0.39 is 0 Å². The molecule has 1 heterocycles. The molecule has 0 aliphatic rings. The smallest absolute Gasteiger partial charge is 0.239 e. The molecule has 0 aliphatic carbocycles. The summed E-state index contributed by atoms with van der Waals surface area (Å²) >= 11 is 0. The van der Waals surface area contributed by atoms with Gasteiger partial charge in [0, 0.05) is 0 Å². The first-order valence-electron chi connectivity index (χ1n) is 2.26. The van der Waals surface area contributed by atoms with E-state index in [-0.39, 0.29) is 24.8 Å². The zero-order chi connectivity index (χ0) is 5.11. The summed E-state index contributed by atoms with van der Waals surface area (Å²) in [5.74, 6) is 0. The maximum Gasteiger partial charge on any atom is 0.239 e. The number of quaternary nitrogens is 1. The topological polar surface area (TPSA) is 57.6 Å². The van der Waals surface area contributed by atoms with Crippen molar-refractivity contribution in [3.63, 3.8) is 0 Å². The average molecular weight is 170 g/mol. The predicted octanol–water partition coefficient (Wildman–Crippen LogP) is -7.42. The van der Waals surface area contributed by atoms with Crippen LogP contribution in [0.15, 0.2) is 12.5 Å². The highest BCUT2D eigenvalue weighted by Crippen LogP contribution is 1.78. The first kappa shape index (κ1) is 11.5. The Morgan fingerprint density at radius 2 is 2.22 bits per heavy atom. The van der Waals surface area contributed by atoms with Crippen molar-refractivity contribution < 1.29 is 35.5 Å². The highest BCUT2D eigenvalue weighted by Gasteiger charge is 1.93. The van der Waals surface area contributed by atoms with Crippen molar-refractivity contribution in [2.45, 2.75) is 6.54 Å². The first-order valence-corrected chi connectivity index (χ1v) is 2.26. The molecule has 3 nitrogen and oxygen atoms in total. The standard InChI is InChI=1S/C4H7N3.2ClH/c5-1-4-2-6-3-7-4;;/h2-3H,1,5H2,(H,6,7);2*1H. The molecule has 5 heteroatoms. The minimum atomic E-state index is 0. The number of hydrogen-bond acceptors (Lipinski definition) is 0. The van der Waals surface area contributed by atoms with Crippen LogP contribution in [-0.2, 0) is 6.54 Å². The molecule has 0 radical (unpaired) electrons. The van der Waals surface area contributed by atoms with Gasteiger partial charge in [-0.15, -0.1) is 0 Å². The van der Waals surface area contributed by atoms with E-state index in [4.69, 9.17) is 0 Å². The lowest BCUT2D eigenvalue weighted by molar-refractivity contribution is -0.394. The van der Waals surface area contributed by atoms with Gasteiger partial charge in [-0.05, 0) is 0 Å². The molecule has 0 saturated heterocycles. The van der Waals surface area contributed by atoms with Crippen LogP contribution in [0.2, 0.25) is 0 Å². The van der Waals surface area contributed by atoms with Gasteiger partial charge in [-0.3, -0.25) is 0 Å². The summed E-state index contributed by atoms with van der Waals surface area (Å²) in [5, 5.41) is 0. The lowest BCUT2D eigenvalue weighted by Gasteiger charge is -1.70. The average Bonchev–Trinajstić information content (AvgIpc) is 2.14. The molecule has 0 unspecified atom stereocenters. The molecule has 1 aromatic rings. The molecule has 0 amide bonds. The van der Waals surface area contributed by atoms with Gasteiger partial charge in [0.25, 0.3) is 0 Å². The van der Waals surface area contributed by atoms with E-state index in [0.29, 0.717) is 0 Å². The van der Waals surface area contributed by atoms with Crippen LogP contribution >= 0.6 is 0 Å². The van der Waals surface area contributed by atoms with Crippen molar-refractivity contribution in [3.8, 4) is 0 Å². The van der Waals surface area contributed by atoms with Gasteiger partial charge in [-0.25, -0.2) is 9.97 Å². The molecule has 0 fully saturated rings. The van der Waals surface area contributed by atoms with Gasteiger partial charge in [0.05, 0.1) is 0 Å². The van der Waals surface area contributed by atoms with Crippen molar-refractivity contribution in [1.29, 1.82) is 0 Å². The summed E-state index contributed by atoms with van der Waals surface area (Å²) in [4.78, 5) is 5.85. The first-order chi connectivity index (χ1) is 3.43. The number of aromatic amines is 2. The van der Waals surface area contributed by atoms with E-state index in [2.05, 4.69) is 15.7 Å². The third-order valence-corrected chi connectivity index (χ3v) is 0.868. The molecule has 0 atom stereocenters. The van der Waals surface area contributed by atoms with Crippen molar-refractivity contribution in [2.24, 2.45) is 0 Å². The second-order valence-corrected chi connectivity index (χ2v) is 1.37. The monoisotopic (exact) mass is 169 g/mol. The third kappa shape index (κ3) is 3.35. The number of halogens is 2. The van der Waals surface area contributed by atoms with E-state index >= 15 is 0 Å². The highest BCUT2D eigenvalue weighted by molar-refractivity contribution is 4.83. The largest absolute Gasteiger partial charge is 1.00 e. The van der Waals surface area contributed by atoms with Crippen molar-refractivity contribution >= 4 is 0 Å². The normalized spacial score (nSPS) is 7.22. The fraction of sp³-hybridized carbons (Fsp3) is 0.250. The quantitative estimate of drug-likeness (QED) is 0.420. The molecule has 0 aliphatic heterocycles. The number of H-pyrrole nitrogens is 2. The lowest BCUT2D eigenvalue weighted by atomic mass is 10.5. The second-order valence-electron chi connectivity index (χ2n) is 1.37. The molecule has 1 aromatic heterocycles. The SMILES string of the molecule is [Cl-].[Cl-].[NH3+]Cc1c[nH+]c[nH]1. The van der Waals surface area contributed by atoms with Gasteiger partial charge in [0.1, 0.15) is 12.7 Å². The van der Waals surface area contributed by atoms with E-state index in [1.54, 1.807) is 6.33 Å². The molecular formula is C4H9Cl2N3. The maximum atomic E-state index is 3.68. The van der Waals surface area contributed by atoms with Crippen LogP contribution in [0, 0.1) is 0 Å². The summed E-state index contributed by atoms with van der Waals surface area (Å²) in [5.41, 5.74) is 4.82. The van der Waals surface area contributed by atoms with Crippen LogP contribution < -0.4 is 35.5 Å². The molecule has 54 valence electrons. The van der Waals surface area contributed by atoms with Crippen LogP contribution in [0.25, 0.3) is 0 Å². The van der Waals surface area contributed by atoms with Crippen LogP contribution in [-0.4, -0.2) is 4.98 Å². The summed E-state index contributed by atoms with van der Waals surface area (Å²) in [6.45, 7) is 0.823. The fourth-order valence-corrected chi connectivity index (χ4v) is 0.463. The summed E-state index contributed by atoms with van der Waals surface area (Å²) in [6.07, 6.45) is 3.67. The van der Waals surface area contributed by atoms with Gasteiger partial charge < -0.3 is 30.5 Å². The highest BCUT2D eigenvalue weighted by atomic mass is 35.5. The number of aromatic nitrogens is 2. The minimum absolute atomic E-state index is 0. The number of hydrogen-bond donors (Lipinski definition) is 2. The van der Waals surface area contributed by atoms with Crippen molar-refractivity contribution in [2.75, 3.05) is 0 Å². The Kier molecular flexibility index (Phi) is 7.53. The Balaban J connectivity index is 0. The second kappa shape index (κ2) is 5.88. The molecule has 0 aromatic carbocycles. The van der Waals surface area contributed by atoms with Crippen molar-refractivity contribution in [1.82, 2.24) is 4.98 Å². The molecule has 1 rings (SSSR count). The Labute approximate surface area is 65.9 Å². The Bertz CT molecular complexity index is 128. The Morgan fingerprint density at radius 1 is 1.56 bits per heavy atom. The lowest BCUT2D eigenvalue weighted by Crippen LogP contribution is -3.00. The summed E-state index contributed by atoms with van der Waals surface area (Å²) in [7, 11) is 0. The number of nitrogens with one attached hydrogen (secondary N) is 2. The number of imidazole rings is 1. The summed E-state index contributed by atoms with van der Waals surface area (Å²) in [6, 6.07) is 0. The predicted molar refractivity (Wildman–Crippen MR) is 23.9 cm³/mol. The van der Waals surface area contributed by atoms with Crippen LogP contribution in [0.3, 0.4) is 0 Å². The zero-order valence-corrected chi connectivity index (χ0v) is 6.34. The van der Waals surface area contributed by atoms with Crippen LogP contribution in [0.4, 0.5) is 0 Å². The van der Waals surface area contributed by atoms with Crippen LogP contribution in [0.5, 0.6) is 0 Å². The van der Waals surface area contributed by atoms with E-state index in [1.807, 2.05) is 6.20 Å². The Hall–Kier alpha value is -0.250. The zero-order valence-electron chi connectivity index (χ0n) is 4.82. The Morgan fingerprint density at radius 3 is 2.44 bits per heavy atom. The fourth-order valence-electron chi connectivity index (χ4n) is 0.463. The van der Waals surface area contributed by atoms with Crippen molar-refractivity contribution in [3.05, 3.63) is 18.2 Å². The minimum Gasteiger partial charge on any atom is -1.00 e.